The number of aliphatic hydroxyl groups is 1. The number of halogens is 1. The molecular formula is C15H20ClNO4. The molecule has 5 nitrogen and oxygen atoms in total. The number of carbonyl (C=O) groups excluding carboxylic acids is 1. The molecule has 0 spiro atoms. The van der Waals surface area contributed by atoms with Crippen molar-refractivity contribution in [2.45, 2.75) is 32.8 Å². The van der Waals surface area contributed by atoms with Crippen molar-refractivity contribution in [1.29, 1.82) is 0 Å². The molecule has 0 saturated carbocycles. The quantitative estimate of drug-likeness (QED) is 0.877. The largest absolute Gasteiger partial charge is 0.454 e. The van der Waals surface area contributed by atoms with E-state index in [1.165, 1.54) is 6.07 Å². The first-order chi connectivity index (χ1) is 9.78. The summed E-state index contributed by atoms with van der Waals surface area (Å²) in [5, 5.41) is 13.3. The zero-order valence-corrected chi connectivity index (χ0v) is 13.2. The molecule has 1 atom stereocenters. The lowest BCUT2D eigenvalue weighted by Gasteiger charge is -2.25. The zero-order chi connectivity index (χ0) is 15.6. The van der Waals surface area contributed by atoms with Crippen LogP contribution >= 0.6 is 11.6 Å². The first kappa shape index (κ1) is 15.9. The van der Waals surface area contributed by atoms with Gasteiger partial charge in [-0.05, 0) is 31.4 Å². The van der Waals surface area contributed by atoms with Crippen LogP contribution in [0.5, 0.6) is 11.5 Å². The summed E-state index contributed by atoms with van der Waals surface area (Å²) in [7, 11) is 0. The molecule has 6 heteroatoms. The topological polar surface area (TPSA) is 67.8 Å². The van der Waals surface area contributed by atoms with Gasteiger partial charge in [0.1, 0.15) is 0 Å². The maximum atomic E-state index is 12.2. The average Bonchev–Trinajstić information content (AvgIpc) is 2.83. The Morgan fingerprint density at radius 1 is 1.48 bits per heavy atom. The Bertz CT molecular complexity index is 543. The van der Waals surface area contributed by atoms with Crippen LogP contribution in [0.25, 0.3) is 0 Å². The minimum Gasteiger partial charge on any atom is -0.454 e. The Hall–Kier alpha value is -1.46. The van der Waals surface area contributed by atoms with Crippen LogP contribution in [0, 0.1) is 5.92 Å². The molecule has 1 aromatic rings. The molecule has 2 N–H and O–H groups in total. The van der Waals surface area contributed by atoms with Crippen LogP contribution in [0.1, 0.15) is 37.6 Å². The summed E-state index contributed by atoms with van der Waals surface area (Å²) in [6.45, 7) is 6.03. The van der Waals surface area contributed by atoms with E-state index in [1.54, 1.807) is 13.0 Å². The first-order valence-electron chi connectivity index (χ1n) is 6.88. The lowest BCUT2D eigenvalue weighted by atomic mass is 9.94. The van der Waals surface area contributed by atoms with E-state index < -0.39 is 5.60 Å². The molecule has 0 saturated heterocycles. The van der Waals surface area contributed by atoms with Crippen molar-refractivity contribution < 1.29 is 19.4 Å². The molecular weight excluding hydrogens is 294 g/mol. The molecule has 0 bridgehead atoms. The van der Waals surface area contributed by atoms with Crippen molar-refractivity contribution >= 4 is 17.5 Å². The zero-order valence-electron chi connectivity index (χ0n) is 12.4. The average molecular weight is 314 g/mol. The smallest absolute Gasteiger partial charge is 0.251 e. The van der Waals surface area contributed by atoms with E-state index >= 15 is 0 Å². The molecule has 0 aromatic heterocycles. The van der Waals surface area contributed by atoms with Crippen LogP contribution in [0.2, 0.25) is 5.02 Å². The Kier molecular flexibility index (Phi) is 4.64. The Morgan fingerprint density at radius 2 is 2.19 bits per heavy atom. The van der Waals surface area contributed by atoms with Gasteiger partial charge in [0.05, 0.1) is 10.6 Å². The highest BCUT2D eigenvalue weighted by Gasteiger charge is 2.24. The third-order valence-corrected chi connectivity index (χ3v) is 3.45. The van der Waals surface area contributed by atoms with E-state index in [0.29, 0.717) is 34.4 Å². The van der Waals surface area contributed by atoms with Crippen molar-refractivity contribution in [3.05, 3.63) is 22.7 Å². The Morgan fingerprint density at radius 3 is 2.86 bits per heavy atom. The van der Waals surface area contributed by atoms with Crippen molar-refractivity contribution in [2.75, 3.05) is 13.3 Å². The molecule has 0 fully saturated rings. The van der Waals surface area contributed by atoms with Gasteiger partial charge < -0.3 is 19.9 Å². The number of ether oxygens (including phenoxy) is 2. The molecule has 1 aliphatic rings. The van der Waals surface area contributed by atoms with E-state index in [2.05, 4.69) is 5.32 Å². The fraction of sp³-hybridized carbons (Fsp3) is 0.533. The Balaban J connectivity index is 2.03. The van der Waals surface area contributed by atoms with Gasteiger partial charge in [0, 0.05) is 12.1 Å². The van der Waals surface area contributed by atoms with Gasteiger partial charge in [0.15, 0.2) is 11.5 Å². The van der Waals surface area contributed by atoms with E-state index in [1.807, 2.05) is 13.8 Å². The molecule has 0 aliphatic carbocycles. The summed E-state index contributed by atoms with van der Waals surface area (Å²) in [5.41, 5.74) is -0.561. The van der Waals surface area contributed by atoms with E-state index in [9.17, 15) is 9.90 Å². The first-order valence-corrected chi connectivity index (χ1v) is 7.26. The maximum Gasteiger partial charge on any atom is 0.251 e. The van der Waals surface area contributed by atoms with E-state index in [-0.39, 0.29) is 19.2 Å². The normalized spacial score (nSPS) is 15.9. The minimum absolute atomic E-state index is 0.100. The van der Waals surface area contributed by atoms with E-state index in [0.717, 1.165) is 0 Å². The van der Waals surface area contributed by atoms with Crippen LogP contribution in [0.15, 0.2) is 12.1 Å². The van der Waals surface area contributed by atoms with Gasteiger partial charge in [-0.2, -0.15) is 0 Å². The number of nitrogens with one attached hydrogen (secondary N) is 1. The van der Waals surface area contributed by atoms with E-state index in [4.69, 9.17) is 21.1 Å². The van der Waals surface area contributed by atoms with Gasteiger partial charge in [0.2, 0.25) is 6.79 Å². The fourth-order valence-corrected chi connectivity index (χ4v) is 2.69. The van der Waals surface area contributed by atoms with Crippen LogP contribution < -0.4 is 14.8 Å². The number of fused-ring (bicyclic) bond motifs is 1. The highest BCUT2D eigenvalue weighted by Crippen LogP contribution is 2.39. The second kappa shape index (κ2) is 6.12. The predicted octanol–water partition coefficient (Wildman–Crippen LogP) is 2.60. The van der Waals surface area contributed by atoms with Crippen molar-refractivity contribution in [3.63, 3.8) is 0 Å². The summed E-state index contributed by atoms with van der Waals surface area (Å²) in [5.74, 6) is 0.956. The molecule has 1 aromatic carbocycles. The highest BCUT2D eigenvalue weighted by molar-refractivity contribution is 6.32. The summed E-state index contributed by atoms with van der Waals surface area (Å²) in [6, 6.07) is 3.11. The molecule has 21 heavy (non-hydrogen) atoms. The summed E-state index contributed by atoms with van der Waals surface area (Å²) in [4.78, 5) is 12.2. The summed E-state index contributed by atoms with van der Waals surface area (Å²) < 4.78 is 10.4. The lowest BCUT2D eigenvalue weighted by Crippen LogP contribution is -2.41. The van der Waals surface area contributed by atoms with Gasteiger partial charge in [-0.1, -0.05) is 25.4 Å². The van der Waals surface area contributed by atoms with Gasteiger partial charge >= 0.3 is 0 Å². The molecule has 0 radical (unpaired) electrons. The lowest BCUT2D eigenvalue weighted by molar-refractivity contribution is 0.0368. The van der Waals surface area contributed by atoms with Crippen molar-refractivity contribution in [3.8, 4) is 11.5 Å². The molecule has 1 unspecified atom stereocenters. The van der Waals surface area contributed by atoms with Crippen LogP contribution in [0.4, 0.5) is 0 Å². The van der Waals surface area contributed by atoms with Crippen molar-refractivity contribution in [1.82, 2.24) is 5.32 Å². The predicted molar refractivity (Wildman–Crippen MR) is 80.0 cm³/mol. The molecule has 2 rings (SSSR count). The SMILES string of the molecule is CC(C)CC(C)(O)CNC(=O)c1cc(Cl)c2c(c1)OCO2. The second-order valence-electron chi connectivity index (χ2n) is 5.97. The fourth-order valence-electron chi connectivity index (χ4n) is 2.42. The number of carbonyl (C=O) groups is 1. The van der Waals surface area contributed by atoms with Crippen LogP contribution in [-0.2, 0) is 0 Å². The molecule has 1 aliphatic heterocycles. The van der Waals surface area contributed by atoms with Crippen LogP contribution in [-0.4, -0.2) is 30.0 Å². The third-order valence-electron chi connectivity index (χ3n) is 3.17. The van der Waals surface area contributed by atoms with Gasteiger partial charge in [0.25, 0.3) is 5.91 Å². The van der Waals surface area contributed by atoms with Gasteiger partial charge in [-0.15, -0.1) is 0 Å². The standard InChI is InChI=1S/C15H20ClNO4/c1-9(2)6-15(3,19)7-17-14(18)10-4-11(16)13-12(5-10)20-8-21-13/h4-5,9,19H,6-8H2,1-3H3,(H,17,18). The highest BCUT2D eigenvalue weighted by atomic mass is 35.5. The summed E-state index contributed by atoms with van der Waals surface area (Å²) >= 11 is 6.04. The number of hydrogen-bond acceptors (Lipinski definition) is 4. The molecule has 1 heterocycles. The van der Waals surface area contributed by atoms with Crippen LogP contribution in [0.3, 0.4) is 0 Å². The number of rotatable bonds is 5. The Labute approximate surface area is 129 Å². The second-order valence-corrected chi connectivity index (χ2v) is 6.38. The molecule has 1 amide bonds. The van der Waals surface area contributed by atoms with Gasteiger partial charge in [-0.3, -0.25) is 4.79 Å². The number of benzene rings is 1. The maximum absolute atomic E-state index is 12.2. The third kappa shape index (κ3) is 4.02. The monoisotopic (exact) mass is 313 g/mol. The number of amides is 1. The summed E-state index contributed by atoms with van der Waals surface area (Å²) in [6.07, 6.45) is 0.606. The van der Waals surface area contributed by atoms with Gasteiger partial charge in [-0.25, -0.2) is 0 Å². The van der Waals surface area contributed by atoms with Crippen molar-refractivity contribution in [2.24, 2.45) is 5.92 Å². The molecule has 116 valence electrons. The minimum atomic E-state index is -0.941. The number of hydrogen-bond donors (Lipinski definition) is 2.